The van der Waals surface area contributed by atoms with E-state index in [4.69, 9.17) is 4.74 Å². The van der Waals surface area contributed by atoms with Crippen molar-refractivity contribution in [3.05, 3.63) is 29.8 Å². The lowest BCUT2D eigenvalue weighted by molar-refractivity contribution is 0.0601. The second-order valence-corrected chi connectivity index (χ2v) is 5.86. The molecule has 1 N–H and O–H groups in total. The van der Waals surface area contributed by atoms with Crippen molar-refractivity contribution in [3.63, 3.8) is 0 Å². The van der Waals surface area contributed by atoms with Crippen LogP contribution in [-0.2, 0) is 19.7 Å². The number of methoxy groups -OCH3 is 1. The first-order chi connectivity index (χ1) is 9.53. The zero-order chi connectivity index (χ0) is 14.6. The van der Waals surface area contributed by atoms with Crippen molar-refractivity contribution >= 4 is 21.9 Å². The number of esters is 1. The summed E-state index contributed by atoms with van der Waals surface area (Å²) < 4.78 is 37.8. The topological polar surface area (TPSA) is 84.9 Å². The molecule has 1 aromatic carbocycles. The molecule has 0 amide bonds. The zero-order valence-corrected chi connectivity index (χ0v) is 11.9. The van der Waals surface area contributed by atoms with Crippen molar-refractivity contribution < 1.29 is 22.7 Å². The van der Waals surface area contributed by atoms with Crippen LogP contribution in [0.5, 0.6) is 0 Å². The van der Waals surface area contributed by atoms with E-state index in [1.165, 1.54) is 17.5 Å². The predicted octanol–water partition coefficient (Wildman–Crippen LogP) is 0.462. The maximum absolute atomic E-state index is 12.1. The lowest BCUT2D eigenvalue weighted by Gasteiger charge is -2.26. The van der Waals surface area contributed by atoms with Gasteiger partial charge in [-0.05, 0) is 18.2 Å². The first-order valence-electron chi connectivity index (χ1n) is 6.07. The fraction of sp³-hybridized carbons (Fsp3) is 0.417. The van der Waals surface area contributed by atoms with Gasteiger partial charge in [0.25, 0.3) is 0 Å². The molecule has 0 aliphatic carbocycles. The van der Waals surface area contributed by atoms with E-state index < -0.39 is 16.2 Å². The van der Waals surface area contributed by atoms with Gasteiger partial charge < -0.3 is 9.47 Å². The number of rotatable bonds is 4. The third-order valence-electron chi connectivity index (χ3n) is 2.84. The minimum atomic E-state index is -3.63. The van der Waals surface area contributed by atoms with Gasteiger partial charge in [0.05, 0.1) is 31.6 Å². The van der Waals surface area contributed by atoms with Gasteiger partial charge in [-0.1, -0.05) is 6.07 Å². The number of carbonyl (C=O) groups excluding carboxylic acids is 1. The van der Waals surface area contributed by atoms with Crippen molar-refractivity contribution in [2.45, 2.75) is 0 Å². The zero-order valence-electron chi connectivity index (χ0n) is 11.0. The van der Waals surface area contributed by atoms with Crippen molar-refractivity contribution in [2.75, 3.05) is 38.1 Å². The Morgan fingerprint density at radius 2 is 2.05 bits per heavy atom. The van der Waals surface area contributed by atoms with E-state index in [-0.39, 0.29) is 5.56 Å². The number of nitrogens with one attached hydrogen (secondary N) is 1. The molecule has 0 radical (unpaired) electrons. The molecule has 1 aliphatic rings. The lowest BCUT2D eigenvalue weighted by atomic mass is 10.2. The van der Waals surface area contributed by atoms with Crippen LogP contribution in [0.1, 0.15) is 10.4 Å². The predicted molar refractivity (Wildman–Crippen MR) is 72.7 cm³/mol. The Hall–Kier alpha value is -1.64. The van der Waals surface area contributed by atoms with E-state index in [0.717, 1.165) is 0 Å². The largest absolute Gasteiger partial charge is 0.465 e. The molecule has 0 spiro atoms. The molecule has 0 atom stereocenters. The summed E-state index contributed by atoms with van der Waals surface area (Å²) >= 11 is 0. The van der Waals surface area contributed by atoms with Gasteiger partial charge in [-0.3, -0.25) is 4.72 Å². The SMILES string of the molecule is COC(=O)c1cccc(NS(=O)(=O)N2CCOCC2)c1. The van der Waals surface area contributed by atoms with Crippen LogP contribution in [0.2, 0.25) is 0 Å². The summed E-state index contributed by atoms with van der Waals surface area (Å²) in [4.78, 5) is 11.4. The highest BCUT2D eigenvalue weighted by atomic mass is 32.2. The molecule has 1 fully saturated rings. The number of benzene rings is 1. The van der Waals surface area contributed by atoms with E-state index in [2.05, 4.69) is 9.46 Å². The first kappa shape index (κ1) is 14.8. The Morgan fingerprint density at radius 3 is 2.70 bits per heavy atom. The number of hydrogen-bond acceptors (Lipinski definition) is 5. The van der Waals surface area contributed by atoms with E-state index in [1.54, 1.807) is 18.2 Å². The van der Waals surface area contributed by atoms with Crippen LogP contribution in [0.15, 0.2) is 24.3 Å². The third kappa shape index (κ3) is 3.47. The molecular formula is C12H16N2O5S. The smallest absolute Gasteiger partial charge is 0.337 e. The number of carbonyl (C=O) groups is 1. The molecule has 1 saturated heterocycles. The normalized spacial score (nSPS) is 16.6. The van der Waals surface area contributed by atoms with Gasteiger partial charge in [-0.25, -0.2) is 4.79 Å². The molecule has 1 heterocycles. The molecule has 110 valence electrons. The van der Waals surface area contributed by atoms with Crippen molar-refractivity contribution in [2.24, 2.45) is 0 Å². The number of morpholine rings is 1. The van der Waals surface area contributed by atoms with Gasteiger partial charge >= 0.3 is 16.2 Å². The van der Waals surface area contributed by atoms with Gasteiger partial charge in [-0.15, -0.1) is 0 Å². The van der Waals surface area contributed by atoms with Crippen LogP contribution < -0.4 is 4.72 Å². The highest BCUT2D eigenvalue weighted by molar-refractivity contribution is 7.90. The van der Waals surface area contributed by atoms with Crippen molar-refractivity contribution in [1.29, 1.82) is 0 Å². The van der Waals surface area contributed by atoms with Gasteiger partial charge in [0.15, 0.2) is 0 Å². The number of anilines is 1. The highest BCUT2D eigenvalue weighted by Crippen LogP contribution is 2.15. The molecule has 2 rings (SSSR count). The summed E-state index contributed by atoms with van der Waals surface area (Å²) in [7, 11) is -2.36. The van der Waals surface area contributed by atoms with E-state index in [1.807, 2.05) is 0 Å². The van der Waals surface area contributed by atoms with Crippen LogP contribution in [0.25, 0.3) is 0 Å². The molecule has 7 nitrogen and oxygen atoms in total. The van der Waals surface area contributed by atoms with Gasteiger partial charge in [0.1, 0.15) is 0 Å². The summed E-state index contributed by atoms with van der Waals surface area (Å²) in [6.07, 6.45) is 0. The van der Waals surface area contributed by atoms with Crippen LogP contribution >= 0.6 is 0 Å². The van der Waals surface area contributed by atoms with E-state index in [0.29, 0.717) is 32.0 Å². The quantitative estimate of drug-likeness (QED) is 0.817. The number of ether oxygens (including phenoxy) is 2. The Bertz CT molecular complexity index is 581. The van der Waals surface area contributed by atoms with E-state index in [9.17, 15) is 13.2 Å². The second kappa shape index (κ2) is 6.21. The minimum absolute atomic E-state index is 0.287. The molecular weight excluding hydrogens is 284 g/mol. The molecule has 1 aliphatic heterocycles. The highest BCUT2D eigenvalue weighted by Gasteiger charge is 2.24. The Labute approximate surface area is 117 Å². The fourth-order valence-corrected chi connectivity index (χ4v) is 3.01. The molecule has 20 heavy (non-hydrogen) atoms. The standard InChI is InChI=1S/C12H16N2O5S/c1-18-12(15)10-3-2-4-11(9-10)13-20(16,17)14-5-7-19-8-6-14/h2-4,9,13H,5-8H2,1H3. The molecule has 0 aromatic heterocycles. The molecule has 0 saturated carbocycles. The second-order valence-electron chi connectivity index (χ2n) is 4.19. The first-order valence-corrected chi connectivity index (χ1v) is 7.51. The summed E-state index contributed by atoms with van der Waals surface area (Å²) in [5.74, 6) is -0.516. The molecule has 0 unspecified atom stereocenters. The third-order valence-corrected chi connectivity index (χ3v) is 4.38. The Balaban J connectivity index is 2.14. The fourth-order valence-electron chi connectivity index (χ4n) is 1.83. The van der Waals surface area contributed by atoms with Crippen LogP contribution in [0.4, 0.5) is 5.69 Å². The summed E-state index contributed by atoms with van der Waals surface area (Å²) in [5.41, 5.74) is 0.606. The van der Waals surface area contributed by atoms with Gasteiger partial charge in [0, 0.05) is 13.1 Å². The molecule has 0 bridgehead atoms. The average Bonchev–Trinajstić information content (AvgIpc) is 2.47. The molecule has 1 aromatic rings. The average molecular weight is 300 g/mol. The maximum atomic E-state index is 12.1. The van der Waals surface area contributed by atoms with Crippen LogP contribution in [0.3, 0.4) is 0 Å². The van der Waals surface area contributed by atoms with Crippen LogP contribution in [0, 0.1) is 0 Å². The van der Waals surface area contributed by atoms with E-state index >= 15 is 0 Å². The maximum Gasteiger partial charge on any atom is 0.337 e. The lowest BCUT2D eigenvalue weighted by Crippen LogP contribution is -2.43. The van der Waals surface area contributed by atoms with Gasteiger partial charge in [0.2, 0.25) is 0 Å². The summed E-state index contributed by atoms with van der Waals surface area (Å²) in [6, 6.07) is 6.15. The Morgan fingerprint density at radius 1 is 1.35 bits per heavy atom. The van der Waals surface area contributed by atoms with Crippen molar-refractivity contribution in [1.82, 2.24) is 4.31 Å². The van der Waals surface area contributed by atoms with Crippen LogP contribution in [-0.4, -0.2) is 52.1 Å². The van der Waals surface area contributed by atoms with Gasteiger partial charge in [-0.2, -0.15) is 12.7 Å². The monoisotopic (exact) mass is 300 g/mol. The summed E-state index contributed by atoms with van der Waals surface area (Å²) in [5, 5.41) is 0. The Kier molecular flexibility index (Phi) is 4.58. The minimum Gasteiger partial charge on any atom is -0.465 e. The summed E-state index contributed by atoms with van der Waals surface area (Å²) in [6.45, 7) is 1.38. The number of nitrogens with zero attached hydrogens (tertiary/aromatic N) is 1. The van der Waals surface area contributed by atoms with Crippen molar-refractivity contribution in [3.8, 4) is 0 Å². The molecule has 8 heteroatoms. The number of hydrogen-bond donors (Lipinski definition) is 1.